The number of halogens is 2. The van der Waals surface area contributed by atoms with Crippen molar-refractivity contribution in [1.29, 1.82) is 0 Å². The molecule has 1 amide bonds. The number of nitrogens with two attached hydrogens (primary N) is 1. The van der Waals surface area contributed by atoms with Gasteiger partial charge in [0.25, 0.3) is 5.91 Å². The highest BCUT2D eigenvalue weighted by Crippen LogP contribution is 2.17. The van der Waals surface area contributed by atoms with Crippen LogP contribution in [0.15, 0.2) is 18.2 Å². The third kappa shape index (κ3) is 3.57. The monoisotopic (exact) mass is 368 g/mol. The van der Waals surface area contributed by atoms with Gasteiger partial charge >= 0.3 is 0 Å². The molecule has 0 saturated carbocycles. The Balaban J connectivity index is 2.88. The molecule has 0 fully saturated rings. The molecule has 0 heterocycles. The molecular weight excluding hydrogens is 359 g/mol. The lowest BCUT2D eigenvalue weighted by atomic mass is 10.2. The van der Waals surface area contributed by atoms with Crippen molar-refractivity contribution < 1.29 is 4.79 Å². The number of amides is 1. The molecule has 6 heteroatoms. The molecule has 86 valence electrons. The smallest absolute Gasteiger partial charge is 0.252 e. The molecule has 0 aliphatic heterocycles. The minimum atomic E-state index is -0.336. The number of rotatable bonds is 3. The van der Waals surface area contributed by atoms with Crippen LogP contribution in [0.5, 0.6) is 0 Å². The molecule has 0 aliphatic carbocycles. The lowest BCUT2D eigenvalue weighted by Crippen LogP contribution is -2.41. The van der Waals surface area contributed by atoms with Crippen LogP contribution in [-0.4, -0.2) is 16.9 Å². The SMILES string of the molecule is CC(NC(=O)c1cc(Cl)ccc1I)C(N)=S. The molecule has 1 aromatic carbocycles. The summed E-state index contributed by atoms with van der Waals surface area (Å²) >= 11 is 12.7. The van der Waals surface area contributed by atoms with Crippen molar-refractivity contribution in [2.45, 2.75) is 13.0 Å². The van der Waals surface area contributed by atoms with Gasteiger partial charge in [0, 0.05) is 8.59 Å². The van der Waals surface area contributed by atoms with Crippen molar-refractivity contribution >= 4 is 57.3 Å². The predicted molar refractivity (Wildman–Crippen MR) is 77.9 cm³/mol. The lowest BCUT2D eigenvalue weighted by Gasteiger charge is -2.13. The molecule has 1 rings (SSSR count). The molecule has 3 nitrogen and oxygen atoms in total. The molecular formula is C10H10ClIN2OS. The molecule has 0 aromatic heterocycles. The maximum atomic E-state index is 11.8. The van der Waals surface area contributed by atoms with E-state index in [1.54, 1.807) is 25.1 Å². The summed E-state index contributed by atoms with van der Waals surface area (Å²) in [6.45, 7) is 1.73. The summed E-state index contributed by atoms with van der Waals surface area (Å²) in [6.07, 6.45) is 0. The Labute approximate surface area is 118 Å². The summed E-state index contributed by atoms with van der Waals surface area (Å²) in [6, 6.07) is 4.79. The molecule has 1 atom stereocenters. The van der Waals surface area contributed by atoms with Crippen LogP contribution >= 0.6 is 46.4 Å². The van der Waals surface area contributed by atoms with Crippen LogP contribution in [0.25, 0.3) is 0 Å². The Hall–Kier alpha value is -0.400. The van der Waals surface area contributed by atoms with Crippen LogP contribution in [0.1, 0.15) is 17.3 Å². The van der Waals surface area contributed by atoms with Gasteiger partial charge in [-0.1, -0.05) is 23.8 Å². The predicted octanol–water partition coefficient (Wildman–Crippen LogP) is 2.35. The summed E-state index contributed by atoms with van der Waals surface area (Å²) in [7, 11) is 0. The Morgan fingerprint density at radius 2 is 2.25 bits per heavy atom. The van der Waals surface area contributed by atoms with E-state index in [0.29, 0.717) is 10.6 Å². The first-order valence-electron chi connectivity index (χ1n) is 4.47. The van der Waals surface area contributed by atoms with Gasteiger partial charge in [0.05, 0.1) is 16.6 Å². The molecule has 3 N–H and O–H groups in total. The van der Waals surface area contributed by atoms with Crippen LogP contribution in [0.2, 0.25) is 5.02 Å². The van der Waals surface area contributed by atoms with Gasteiger partial charge in [-0.05, 0) is 47.7 Å². The van der Waals surface area contributed by atoms with Crippen molar-refractivity contribution in [3.8, 4) is 0 Å². The van der Waals surface area contributed by atoms with E-state index in [1.807, 2.05) is 0 Å². The Morgan fingerprint density at radius 3 is 2.81 bits per heavy atom. The van der Waals surface area contributed by atoms with E-state index in [4.69, 9.17) is 29.6 Å². The van der Waals surface area contributed by atoms with Crippen LogP contribution in [0.3, 0.4) is 0 Å². The van der Waals surface area contributed by atoms with Crippen LogP contribution in [0, 0.1) is 3.57 Å². The number of hydrogen-bond donors (Lipinski definition) is 2. The molecule has 0 spiro atoms. The number of hydrogen-bond acceptors (Lipinski definition) is 2. The number of benzene rings is 1. The standard InChI is InChI=1S/C10H10ClIN2OS/c1-5(9(13)16)14-10(15)7-4-6(11)2-3-8(7)12/h2-5H,1H3,(H2,13,16)(H,14,15). The van der Waals surface area contributed by atoms with Crippen LogP contribution < -0.4 is 11.1 Å². The van der Waals surface area contributed by atoms with Crippen molar-refractivity contribution in [3.05, 3.63) is 32.4 Å². The van der Waals surface area contributed by atoms with E-state index in [0.717, 1.165) is 3.57 Å². The highest BCUT2D eigenvalue weighted by atomic mass is 127. The van der Waals surface area contributed by atoms with Crippen molar-refractivity contribution in [3.63, 3.8) is 0 Å². The van der Waals surface area contributed by atoms with Gasteiger partial charge in [-0.2, -0.15) is 0 Å². The normalized spacial score (nSPS) is 11.9. The summed E-state index contributed by atoms with van der Waals surface area (Å²) in [4.78, 5) is 12.1. The number of nitrogens with one attached hydrogen (secondary N) is 1. The summed E-state index contributed by atoms with van der Waals surface area (Å²) in [5, 5.41) is 3.22. The van der Waals surface area contributed by atoms with E-state index in [2.05, 4.69) is 27.9 Å². The van der Waals surface area contributed by atoms with Gasteiger partial charge in [-0.15, -0.1) is 0 Å². The Kier molecular flexibility index (Phi) is 4.94. The van der Waals surface area contributed by atoms with Gasteiger partial charge in [-0.25, -0.2) is 0 Å². The second-order valence-electron chi connectivity index (χ2n) is 3.22. The zero-order valence-corrected chi connectivity index (χ0v) is 12.2. The number of carbonyl (C=O) groups excluding carboxylic acids is 1. The highest BCUT2D eigenvalue weighted by molar-refractivity contribution is 14.1. The second kappa shape index (κ2) is 5.79. The molecule has 0 radical (unpaired) electrons. The summed E-state index contributed by atoms with van der Waals surface area (Å²) < 4.78 is 0.828. The third-order valence-corrected chi connectivity index (χ3v) is 3.48. The fourth-order valence-electron chi connectivity index (χ4n) is 1.02. The maximum absolute atomic E-state index is 11.8. The zero-order chi connectivity index (χ0) is 12.3. The summed E-state index contributed by atoms with van der Waals surface area (Å²) in [5.74, 6) is -0.229. The molecule has 0 saturated heterocycles. The maximum Gasteiger partial charge on any atom is 0.252 e. The van der Waals surface area contributed by atoms with Gasteiger partial charge in [0.2, 0.25) is 0 Å². The van der Waals surface area contributed by atoms with Gasteiger partial charge < -0.3 is 11.1 Å². The quantitative estimate of drug-likeness (QED) is 0.636. The molecule has 16 heavy (non-hydrogen) atoms. The van der Waals surface area contributed by atoms with E-state index >= 15 is 0 Å². The van der Waals surface area contributed by atoms with Crippen molar-refractivity contribution in [2.75, 3.05) is 0 Å². The molecule has 1 aromatic rings. The zero-order valence-electron chi connectivity index (χ0n) is 8.46. The van der Waals surface area contributed by atoms with Crippen LogP contribution in [0.4, 0.5) is 0 Å². The van der Waals surface area contributed by atoms with Crippen molar-refractivity contribution in [2.24, 2.45) is 5.73 Å². The van der Waals surface area contributed by atoms with Crippen molar-refractivity contribution in [1.82, 2.24) is 5.32 Å². The minimum Gasteiger partial charge on any atom is -0.392 e. The average Bonchev–Trinajstić information content (AvgIpc) is 2.21. The minimum absolute atomic E-state index is 0.229. The first kappa shape index (κ1) is 13.7. The molecule has 0 bridgehead atoms. The van der Waals surface area contributed by atoms with Gasteiger partial charge in [-0.3, -0.25) is 4.79 Å². The average molecular weight is 369 g/mol. The summed E-state index contributed by atoms with van der Waals surface area (Å²) in [5.41, 5.74) is 5.94. The highest BCUT2D eigenvalue weighted by Gasteiger charge is 2.14. The van der Waals surface area contributed by atoms with E-state index in [1.165, 1.54) is 0 Å². The molecule has 1 unspecified atom stereocenters. The Morgan fingerprint density at radius 1 is 1.62 bits per heavy atom. The van der Waals surface area contributed by atoms with E-state index in [9.17, 15) is 4.79 Å². The van der Waals surface area contributed by atoms with E-state index < -0.39 is 0 Å². The largest absolute Gasteiger partial charge is 0.392 e. The fraction of sp³-hybridized carbons (Fsp3) is 0.200. The first-order chi connectivity index (χ1) is 7.41. The third-order valence-electron chi connectivity index (χ3n) is 1.95. The van der Waals surface area contributed by atoms with E-state index in [-0.39, 0.29) is 16.9 Å². The van der Waals surface area contributed by atoms with Crippen LogP contribution in [-0.2, 0) is 0 Å². The topological polar surface area (TPSA) is 55.1 Å². The first-order valence-corrected chi connectivity index (χ1v) is 6.33. The Bertz CT molecular complexity index is 439. The lowest BCUT2D eigenvalue weighted by molar-refractivity contribution is 0.0948. The van der Waals surface area contributed by atoms with Gasteiger partial charge in [0.15, 0.2) is 0 Å². The number of carbonyl (C=O) groups is 1. The number of thiocarbonyl (C=S) groups is 1. The fourth-order valence-corrected chi connectivity index (χ4v) is 1.83. The second-order valence-corrected chi connectivity index (χ2v) is 5.29. The van der Waals surface area contributed by atoms with Gasteiger partial charge in [0.1, 0.15) is 0 Å². The molecule has 0 aliphatic rings.